The van der Waals surface area contributed by atoms with E-state index in [1.165, 1.54) is 60.7 Å². The molecule has 0 aliphatic carbocycles. The molecule has 0 unspecified atom stereocenters. The number of anilines is 9. The van der Waals surface area contributed by atoms with Crippen LogP contribution < -0.4 is 31.1 Å². The summed E-state index contributed by atoms with van der Waals surface area (Å²) in [5, 5.41) is 4.99. The van der Waals surface area contributed by atoms with E-state index in [1.807, 2.05) is 0 Å². The summed E-state index contributed by atoms with van der Waals surface area (Å²) in [6.07, 6.45) is 0. The minimum Gasteiger partial charge on any atom is -0.311 e. The molecule has 252 valence electrons. The summed E-state index contributed by atoms with van der Waals surface area (Å²) in [6, 6.07) is 75.2. The van der Waals surface area contributed by atoms with E-state index < -0.39 is 0 Å². The second-order valence-electron chi connectivity index (χ2n) is 14.1. The van der Waals surface area contributed by atoms with E-state index in [0.717, 1.165) is 28.4 Å². The van der Waals surface area contributed by atoms with Crippen LogP contribution in [0.1, 0.15) is 0 Å². The molecule has 4 heteroatoms. The Bertz CT molecular complexity index is 2800. The maximum Gasteiger partial charge on any atom is 0.253 e. The van der Waals surface area contributed by atoms with Gasteiger partial charge in [-0.1, -0.05) is 133 Å². The Balaban J connectivity index is 1.30. The van der Waals surface area contributed by atoms with Gasteiger partial charge in [0.25, 0.3) is 6.71 Å². The van der Waals surface area contributed by atoms with Gasteiger partial charge in [-0.25, -0.2) is 0 Å². The Morgan fingerprint density at radius 1 is 0.333 bits per heavy atom. The van der Waals surface area contributed by atoms with Gasteiger partial charge in [0.2, 0.25) is 0 Å². The minimum atomic E-state index is -0.0203. The number of para-hydroxylation sites is 4. The molecule has 2 heterocycles. The fourth-order valence-electron chi connectivity index (χ4n) is 9.03. The lowest BCUT2D eigenvalue weighted by Crippen LogP contribution is -2.61. The van der Waals surface area contributed by atoms with Gasteiger partial charge in [0.15, 0.2) is 0 Å². The molecular weight excluding hydrogens is 653 g/mol. The average Bonchev–Trinajstić information content (AvgIpc) is 3.25. The molecule has 2 aliphatic heterocycles. The first-order chi connectivity index (χ1) is 26.8. The molecule has 0 fully saturated rings. The van der Waals surface area contributed by atoms with Crippen LogP contribution in [0.15, 0.2) is 206 Å². The molecule has 0 aromatic heterocycles. The highest BCUT2D eigenvalue weighted by Crippen LogP contribution is 2.48. The van der Waals surface area contributed by atoms with Crippen molar-refractivity contribution in [2.45, 2.75) is 0 Å². The van der Waals surface area contributed by atoms with Crippen LogP contribution in [0, 0.1) is 0 Å². The highest BCUT2D eigenvalue weighted by molar-refractivity contribution is 7.03. The van der Waals surface area contributed by atoms with Crippen molar-refractivity contribution >= 4 is 95.8 Å². The van der Waals surface area contributed by atoms with Gasteiger partial charge in [-0.15, -0.1) is 0 Å². The highest BCUT2D eigenvalue weighted by Gasteiger charge is 2.45. The lowest BCUT2D eigenvalue weighted by molar-refractivity contribution is 1.25. The number of nitrogens with zero attached hydrogens (tertiary/aromatic N) is 3. The Morgan fingerprint density at radius 2 is 0.796 bits per heavy atom. The second kappa shape index (κ2) is 12.3. The zero-order chi connectivity index (χ0) is 35.6. The van der Waals surface area contributed by atoms with Gasteiger partial charge in [-0.05, 0) is 105 Å². The van der Waals surface area contributed by atoms with E-state index in [0.29, 0.717) is 0 Å². The molecule has 2 aliphatic rings. The quantitative estimate of drug-likeness (QED) is 0.167. The van der Waals surface area contributed by atoms with Crippen LogP contribution in [0.4, 0.5) is 51.2 Å². The molecule has 0 amide bonds. The zero-order valence-electron chi connectivity index (χ0n) is 29.5. The van der Waals surface area contributed by atoms with E-state index in [4.69, 9.17) is 0 Å². The van der Waals surface area contributed by atoms with Gasteiger partial charge >= 0.3 is 0 Å². The van der Waals surface area contributed by atoms with E-state index in [9.17, 15) is 0 Å². The molecule has 0 spiro atoms. The summed E-state index contributed by atoms with van der Waals surface area (Å²) in [4.78, 5) is 7.40. The monoisotopic (exact) mass is 687 g/mol. The smallest absolute Gasteiger partial charge is 0.253 e. The maximum absolute atomic E-state index is 2.51. The summed E-state index contributed by atoms with van der Waals surface area (Å²) in [7, 11) is 0. The van der Waals surface area contributed by atoms with Gasteiger partial charge in [0, 0.05) is 50.9 Å². The largest absolute Gasteiger partial charge is 0.311 e. The number of fused-ring (bicyclic) bond motifs is 8. The first kappa shape index (κ1) is 30.6. The minimum absolute atomic E-state index is 0.0203. The Labute approximate surface area is 315 Å². The van der Waals surface area contributed by atoms with Crippen molar-refractivity contribution in [3.8, 4) is 0 Å². The third-order valence-corrected chi connectivity index (χ3v) is 11.2. The summed E-state index contributed by atoms with van der Waals surface area (Å²) < 4.78 is 0. The van der Waals surface area contributed by atoms with Gasteiger partial charge in [-0.3, -0.25) is 0 Å². The Hall–Kier alpha value is -7.04. The van der Waals surface area contributed by atoms with Crippen LogP contribution >= 0.6 is 0 Å². The van der Waals surface area contributed by atoms with Crippen molar-refractivity contribution in [3.63, 3.8) is 0 Å². The first-order valence-electron chi connectivity index (χ1n) is 18.7. The lowest BCUT2D eigenvalue weighted by atomic mass is 9.32. The molecule has 0 bridgehead atoms. The predicted octanol–water partition coefficient (Wildman–Crippen LogP) is 11.5. The number of hydrogen-bond donors (Lipinski definition) is 0. The third-order valence-electron chi connectivity index (χ3n) is 11.2. The fraction of sp³-hybridized carbons (Fsp3) is 0. The normalized spacial score (nSPS) is 12.7. The van der Waals surface area contributed by atoms with Crippen LogP contribution in [0.2, 0.25) is 0 Å². The van der Waals surface area contributed by atoms with Gasteiger partial charge in [0.1, 0.15) is 0 Å². The molecule has 9 aromatic carbocycles. The fourth-order valence-corrected chi connectivity index (χ4v) is 9.03. The van der Waals surface area contributed by atoms with Crippen molar-refractivity contribution in [3.05, 3.63) is 206 Å². The number of benzene rings is 9. The molecule has 11 rings (SSSR count). The number of hydrogen-bond acceptors (Lipinski definition) is 3. The van der Waals surface area contributed by atoms with Gasteiger partial charge < -0.3 is 14.7 Å². The van der Waals surface area contributed by atoms with Crippen molar-refractivity contribution < 1.29 is 0 Å². The van der Waals surface area contributed by atoms with Crippen molar-refractivity contribution in [1.82, 2.24) is 0 Å². The average molecular weight is 688 g/mol. The van der Waals surface area contributed by atoms with Crippen molar-refractivity contribution in [1.29, 1.82) is 0 Å². The molecule has 0 radical (unpaired) electrons. The zero-order valence-corrected chi connectivity index (χ0v) is 29.5. The highest BCUT2D eigenvalue weighted by atomic mass is 15.2. The van der Waals surface area contributed by atoms with Crippen LogP contribution in [-0.4, -0.2) is 6.71 Å². The molecule has 3 nitrogen and oxygen atoms in total. The summed E-state index contributed by atoms with van der Waals surface area (Å²) >= 11 is 0. The van der Waals surface area contributed by atoms with Crippen molar-refractivity contribution in [2.75, 3.05) is 14.7 Å². The van der Waals surface area contributed by atoms with Crippen LogP contribution in [0.5, 0.6) is 0 Å². The standard InChI is InChI=1S/C50H34BN3/c1-5-19-36(20-6-1)52(37-21-7-2-8-22-37)46-34-47-49(42-29-16-15-28-41(42)46)51-48-40-27-14-13-18-35(40)32-33-45(48)53(38-23-9-3-10-24-38)43-30-17-31-44(50(43)51)54(47)39-25-11-4-12-26-39/h1-34H. The van der Waals surface area contributed by atoms with Crippen LogP contribution in [0.3, 0.4) is 0 Å². The Kier molecular flexibility index (Phi) is 6.96. The van der Waals surface area contributed by atoms with Crippen LogP contribution in [-0.2, 0) is 0 Å². The van der Waals surface area contributed by atoms with Gasteiger partial charge in [-0.2, -0.15) is 0 Å². The third kappa shape index (κ3) is 4.57. The maximum atomic E-state index is 2.51. The van der Waals surface area contributed by atoms with Crippen molar-refractivity contribution in [2.24, 2.45) is 0 Å². The molecule has 9 aromatic rings. The predicted molar refractivity (Wildman–Crippen MR) is 230 cm³/mol. The molecule has 54 heavy (non-hydrogen) atoms. The molecular formula is C50H34BN3. The Morgan fingerprint density at radius 3 is 1.41 bits per heavy atom. The summed E-state index contributed by atoms with van der Waals surface area (Å²) in [5.74, 6) is 0. The number of rotatable bonds is 5. The first-order valence-corrected chi connectivity index (χ1v) is 18.7. The second-order valence-corrected chi connectivity index (χ2v) is 14.1. The molecule has 0 saturated heterocycles. The molecule has 0 atom stereocenters. The summed E-state index contributed by atoms with van der Waals surface area (Å²) in [6.45, 7) is -0.0203. The lowest BCUT2D eigenvalue weighted by Gasteiger charge is -2.45. The van der Waals surface area contributed by atoms with Crippen LogP contribution in [0.25, 0.3) is 21.5 Å². The van der Waals surface area contributed by atoms with Gasteiger partial charge in [0.05, 0.1) is 5.69 Å². The topological polar surface area (TPSA) is 9.72 Å². The SMILES string of the molecule is c1ccc(N2c3cccc4c3B(c3c2ccc2ccccc32)c2c(cc(N(c3ccccc3)c3ccccc3)c3ccccc23)N4c2ccccc2)cc1. The molecule has 0 N–H and O–H groups in total. The van der Waals surface area contributed by atoms with E-state index in [-0.39, 0.29) is 6.71 Å². The molecule has 0 saturated carbocycles. The van der Waals surface area contributed by atoms with E-state index in [2.05, 4.69) is 221 Å². The van der Waals surface area contributed by atoms with E-state index in [1.54, 1.807) is 0 Å². The van der Waals surface area contributed by atoms with E-state index >= 15 is 0 Å². The summed E-state index contributed by atoms with van der Waals surface area (Å²) in [5.41, 5.74) is 14.5.